The third-order valence-electron chi connectivity index (χ3n) is 3.29. The molecule has 1 aromatic carbocycles. The van der Waals surface area contributed by atoms with E-state index in [2.05, 4.69) is 0 Å². The van der Waals surface area contributed by atoms with Crippen LogP contribution in [0.5, 0.6) is 0 Å². The lowest BCUT2D eigenvalue weighted by Crippen LogP contribution is -2.25. The molecule has 0 unspecified atom stereocenters. The summed E-state index contributed by atoms with van der Waals surface area (Å²) in [6.45, 7) is 0.880. The van der Waals surface area contributed by atoms with E-state index in [9.17, 15) is 0 Å². The van der Waals surface area contributed by atoms with E-state index in [4.69, 9.17) is 42.1 Å². The first kappa shape index (κ1) is 13.6. The number of halogens is 2. The summed E-state index contributed by atoms with van der Waals surface area (Å²) in [5, 5.41) is 1.22. The van der Waals surface area contributed by atoms with Gasteiger partial charge in [0.05, 0.1) is 13.2 Å². The van der Waals surface area contributed by atoms with Crippen LogP contribution in [0.15, 0.2) is 18.2 Å². The molecule has 2 aliphatic heterocycles. The predicted octanol–water partition coefficient (Wildman–Crippen LogP) is 2.65. The van der Waals surface area contributed by atoms with Crippen molar-refractivity contribution in [2.75, 3.05) is 13.7 Å². The second-order valence-electron chi connectivity index (χ2n) is 4.59. The molecule has 0 saturated carbocycles. The molecule has 104 valence electrons. The Morgan fingerprint density at radius 2 is 2.05 bits per heavy atom. The zero-order chi connectivity index (χ0) is 13.4. The molecule has 4 nitrogen and oxygen atoms in total. The molecule has 4 atom stereocenters. The van der Waals surface area contributed by atoms with Crippen LogP contribution in [0.1, 0.15) is 5.56 Å². The Labute approximate surface area is 121 Å². The first-order chi connectivity index (χ1) is 9.19. The Morgan fingerprint density at radius 1 is 1.21 bits per heavy atom. The number of fused-ring (bicyclic) bond motifs is 1. The molecule has 0 aliphatic carbocycles. The second kappa shape index (κ2) is 5.56. The van der Waals surface area contributed by atoms with Crippen molar-refractivity contribution in [3.63, 3.8) is 0 Å². The van der Waals surface area contributed by atoms with E-state index < -0.39 is 0 Å². The van der Waals surface area contributed by atoms with Gasteiger partial charge >= 0.3 is 0 Å². The molecule has 6 heteroatoms. The highest BCUT2D eigenvalue weighted by Gasteiger charge is 2.58. The molecule has 2 aliphatic rings. The molecule has 3 rings (SSSR count). The fourth-order valence-corrected chi connectivity index (χ4v) is 2.69. The van der Waals surface area contributed by atoms with E-state index in [1.807, 2.05) is 6.07 Å². The lowest BCUT2D eigenvalue weighted by Gasteiger charge is -2.16. The molecule has 0 N–H and O–H groups in total. The van der Waals surface area contributed by atoms with Crippen LogP contribution in [0.2, 0.25) is 10.0 Å². The molecule has 2 heterocycles. The van der Waals surface area contributed by atoms with E-state index in [1.54, 1.807) is 19.2 Å². The summed E-state index contributed by atoms with van der Waals surface area (Å²) in [6.07, 6.45) is -0.165. The van der Waals surface area contributed by atoms with Crippen molar-refractivity contribution in [1.82, 2.24) is 0 Å². The molecular weight excluding hydrogens is 291 g/mol. The minimum atomic E-state index is -0.266. The van der Waals surface area contributed by atoms with E-state index in [1.165, 1.54) is 0 Å². The first-order valence-electron chi connectivity index (χ1n) is 6.04. The summed E-state index contributed by atoms with van der Waals surface area (Å²) in [7, 11) is 1.61. The van der Waals surface area contributed by atoms with Gasteiger partial charge in [0.15, 0.2) is 6.29 Å². The van der Waals surface area contributed by atoms with Crippen molar-refractivity contribution in [2.24, 2.45) is 0 Å². The molecule has 0 aromatic heterocycles. The maximum absolute atomic E-state index is 6.07. The Morgan fingerprint density at radius 3 is 2.74 bits per heavy atom. The number of rotatable bonds is 5. The number of ether oxygens (including phenoxy) is 4. The van der Waals surface area contributed by atoms with Gasteiger partial charge in [0.2, 0.25) is 0 Å². The summed E-state index contributed by atoms with van der Waals surface area (Å²) in [5.41, 5.74) is 0.903. The molecule has 0 amide bonds. The third kappa shape index (κ3) is 2.89. The fraction of sp³-hybridized carbons (Fsp3) is 0.538. The zero-order valence-electron chi connectivity index (χ0n) is 10.3. The smallest absolute Gasteiger partial charge is 0.186 e. The SMILES string of the molecule is CO[C@H]1O[C@H](COCc2ccc(Cl)cc2Cl)[C@@H]2O[C@H]12. The number of methoxy groups -OCH3 is 1. The van der Waals surface area contributed by atoms with Crippen LogP contribution in [-0.2, 0) is 25.6 Å². The standard InChI is InChI=1S/C13H14Cl2O4/c1-16-13-12-11(19-12)10(18-13)6-17-5-7-2-3-8(14)4-9(7)15/h2-4,10-13H,5-6H2,1H3/t10-,11+,12+,13+/m1/s1. The Bertz CT molecular complexity index is 468. The third-order valence-corrected chi connectivity index (χ3v) is 3.88. The van der Waals surface area contributed by atoms with Crippen molar-refractivity contribution < 1.29 is 18.9 Å². The van der Waals surface area contributed by atoms with Crippen molar-refractivity contribution in [2.45, 2.75) is 31.2 Å². The summed E-state index contributed by atoms with van der Waals surface area (Å²) in [5.74, 6) is 0. The van der Waals surface area contributed by atoms with E-state index in [-0.39, 0.29) is 24.6 Å². The van der Waals surface area contributed by atoms with E-state index in [0.29, 0.717) is 23.3 Å². The topological polar surface area (TPSA) is 40.2 Å². The minimum absolute atomic E-state index is 0.0673. The maximum Gasteiger partial charge on any atom is 0.186 e. The number of epoxide rings is 1. The van der Waals surface area contributed by atoms with Crippen LogP contribution >= 0.6 is 23.2 Å². The number of benzene rings is 1. The van der Waals surface area contributed by atoms with Gasteiger partial charge in [0.25, 0.3) is 0 Å². The summed E-state index contributed by atoms with van der Waals surface area (Å²) < 4.78 is 21.9. The van der Waals surface area contributed by atoms with Gasteiger partial charge in [0.1, 0.15) is 18.3 Å². The molecule has 0 spiro atoms. The highest BCUT2D eigenvalue weighted by atomic mass is 35.5. The van der Waals surface area contributed by atoms with E-state index >= 15 is 0 Å². The molecular formula is C13H14Cl2O4. The van der Waals surface area contributed by atoms with Crippen LogP contribution in [0.4, 0.5) is 0 Å². The molecule has 19 heavy (non-hydrogen) atoms. The Kier molecular flexibility index (Phi) is 3.98. The highest BCUT2D eigenvalue weighted by Crippen LogP contribution is 2.39. The van der Waals surface area contributed by atoms with Gasteiger partial charge in [0, 0.05) is 17.2 Å². The zero-order valence-corrected chi connectivity index (χ0v) is 11.9. The van der Waals surface area contributed by atoms with Gasteiger partial charge in [-0.2, -0.15) is 0 Å². The normalized spacial score (nSPS) is 32.4. The average Bonchev–Trinajstić information content (AvgIpc) is 3.10. The van der Waals surface area contributed by atoms with Gasteiger partial charge in [-0.05, 0) is 17.7 Å². The van der Waals surface area contributed by atoms with Gasteiger partial charge < -0.3 is 18.9 Å². The quantitative estimate of drug-likeness (QED) is 0.784. The molecule has 0 bridgehead atoms. The molecule has 1 aromatic rings. The Balaban J connectivity index is 1.49. The maximum atomic E-state index is 6.07. The van der Waals surface area contributed by atoms with Gasteiger partial charge in [-0.1, -0.05) is 29.3 Å². The molecule has 2 fully saturated rings. The minimum Gasteiger partial charge on any atom is -0.374 e. The predicted molar refractivity (Wildman–Crippen MR) is 70.4 cm³/mol. The van der Waals surface area contributed by atoms with Crippen LogP contribution < -0.4 is 0 Å². The molecule has 2 saturated heterocycles. The fourth-order valence-electron chi connectivity index (χ4n) is 2.23. The van der Waals surface area contributed by atoms with E-state index in [0.717, 1.165) is 5.56 Å². The van der Waals surface area contributed by atoms with Crippen LogP contribution in [-0.4, -0.2) is 38.3 Å². The van der Waals surface area contributed by atoms with Crippen molar-refractivity contribution in [3.05, 3.63) is 33.8 Å². The van der Waals surface area contributed by atoms with Crippen LogP contribution in [0.25, 0.3) is 0 Å². The molecule has 0 radical (unpaired) electrons. The van der Waals surface area contributed by atoms with Crippen molar-refractivity contribution in [1.29, 1.82) is 0 Å². The second-order valence-corrected chi connectivity index (χ2v) is 5.44. The lowest BCUT2D eigenvalue weighted by atomic mass is 10.2. The van der Waals surface area contributed by atoms with Crippen LogP contribution in [0, 0.1) is 0 Å². The average molecular weight is 305 g/mol. The Hall–Kier alpha value is -0.360. The van der Waals surface area contributed by atoms with Crippen molar-refractivity contribution in [3.8, 4) is 0 Å². The monoisotopic (exact) mass is 304 g/mol. The largest absolute Gasteiger partial charge is 0.374 e. The first-order valence-corrected chi connectivity index (χ1v) is 6.80. The van der Waals surface area contributed by atoms with Crippen molar-refractivity contribution >= 4 is 23.2 Å². The summed E-state index contributed by atoms with van der Waals surface area (Å²) in [6, 6.07) is 5.35. The van der Waals surface area contributed by atoms with Gasteiger partial charge in [-0.3, -0.25) is 0 Å². The summed E-state index contributed by atoms with van der Waals surface area (Å²) >= 11 is 11.9. The number of hydrogen-bond donors (Lipinski definition) is 0. The highest BCUT2D eigenvalue weighted by molar-refractivity contribution is 6.35. The number of hydrogen-bond acceptors (Lipinski definition) is 4. The van der Waals surface area contributed by atoms with Gasteiger partial charge in [-0.15, -0.1) is 0 Å². The van der Waals surface area contributed by atoms with Gasteiger partial charge in [-0.25, -0.2) is 0 Å². The van der Waals surface area contributed by atoms with Crippen LogP contribution in [0.3, 0.4) is 0 Å². The summed E-state index contributed by atoms with van der Waals surface area (Å²) in [4.78, 5) is 0. The lowest BCUT2D eigenvalue weighted by molar-refractivity contribution is -0.171.